The fourth-order valence-electron chi connectivity index (χ4n) is 10.2. The maximum atomic E-state index is 9.57. The maximum absolute atomic E-state index is 9.57. The molecule has 0 unspecified atom stereocenters. The highest BCUT2D eigenvalue weighted by Gasteiger charge is 2.38. The van der Waals surface area contributed by atoms with Crippen LogP contribution in [-0.4, -0.2) is 20.1 Å². The first-order valence-corrected chi connectivity index (χ1v) is 28.7. The fourth-order valence-corrected chi connectivity index (χ4v) is 11.8. The van der Waals surface area contributed by atoms with E-state index >= 15 is 0 Å². The summed E-state index contributed by atoms with van der Waals surface area (Å²) in [6.45, 7) is 11.9. The van der Waals surface area contributed by atoms with E-state index in [0.29, 0.717) is 11.1 Å². The molecule has 0 aliphatic heterocycles. The van der Waals surface area contributed by atoms with Gasteiger partial charge in [-0.3, -0.25) is 0 Å². The lowest BCUT2D eigenvalue weighted by Crippen LogP contribution is -2.37. The third-order valence-corrected chi connectivity index (χ3v) is 16.5. The predicted octanol–water partition coefficient (Wildman–Crippen LogP) is 15.7. The van der Waals surface area contributed by atoms with Gasteiger partial charge in [-0.25, -0.2) is 0 Å². The van der Waals surface area contributed by atoms with Gasteiger partial charge in [-0.1, -0.05) is 130 Å². The Kier molecular flexibility index (Phi) is 12.1. The Morgan fingerprint density at radius 3 is 1.42 bits per heavy atom. The second kappa shape index (κ2) is 18.5. The van der Waals surface area contributed by atoms with Crippen LogP contribution in [-0.2, 0) is 23.6 Å². The number of aryl methyl sites for hydroxylation is 1. The molecule has 6 heteroatoms. The molecular weight excluding hydrogens is 873 g/mol. The molecule has 1 aliphatic rings. The Morgan fingerprint density at radius 2 is 0.913 bits per heavy atom. The normalized spacial score (nSPS) is 12.7. The van der Waals surface area contributed by atoms with Crippen LogP contribution in [0.15, 0.2) is 182 Å². The van der Waals surface area contributed by atoms with E-state index in [1.165, 1.54) is 66.3 Å². The van der Waals surface area contributed by atoms with E-state index in [9.17, 15) is 10.5 Å². The number of hydrogen-bond donors (Lipinski definition) is 0. The maximum Gasteiger partial charge on any atom is 0.109 e. The SMILES string of the molecule is C[SH+]CCc1ccc(N(c2ccc(C#N)cc2)c2ccc(/C=C/c3ccc4c5c(ccc4c3)-c3ccc4cc(N(c6ccc(C#N)cc6)c6ccc([Si](C)(C)C)cc6)ccc4c3C5(C)C)cc2)cc1. The molecule has 4 nitrogen and oxygen atoms in total. The second-order valence-electron chi connectivity index (χ2n) is 19.7. The van der Waals surface area contributed by atoms with Gasteiger partial charge in [-0.05, 0) is 175 Å². The van der Waals surface area contributed by atoms with Crippen LogP contribution in [0.5, 0.6) is 0 Å². The van der Waals surface area contributed by atoms with Crippen molar-refractivity contribution in [2.45, 2.75) is 45.3 Å². The van der Waals surface area contributed by atoms with Crippen molar-refractivity contribution in [2.75, 3.05) is 21.8 Å². The number of hydrogen-bond acceptors (Lipinski definition) is 4. The highest BCUT2D eigenvalue weighted by atomic mass is 32.2. The van der Waals surface area contributed by atoms with Crippen molar-refractivity contribution in [1.29, 1.82) is 10.5 Å². The van der Waals surface area contributed by atoms with E-state index in [2.05, 4.69) is 207 Å². The summed E-state index contributed by atoms with van der Waals surface area (Å²) in [5.41, 5.74) is 16.4. The molecule has 0 heterocycles. The molecule has 10 rings (SSSR count). The van der Waals surface area contributed by atoms with Crippen LogP contribution >= 0.6 is 0 Å². The van der Waals surface area contributed by atoms with Gasteiger partial charge in [0.05, 0.1) is 37.6 Å². The van der Waals surface area contributed by atoms with Crippen molar-refractivity contribution in [3.8, 4) is 23.3 Å². The third-order valence-electron chi connectivity index (χ3n) is 13.8. The molecule has 0 aromatic heterocycles. The number of benzene rings is 9. The molecule has 0 fully saturated rings. The van der Waals surface area contributed by atoms with Gasteiger partial charge in [0.25, 0.3) is 0 Å². The largest absolute Gasteiger partial charge is 0.311 e. The fraction of sp³-hybridized carbons (Fsp3) is 0.143. The minimum absolute atomic E-state index is 0.230. The van der Waals surface area contributed by atoms with Gasteiger partial charge in [0.15, 0.2) is 0 Å². The van der Waals surface area contributed by atoms with Crippen LogP contribution in [0.4, 0.5) is 34.1 Å². The van der Waals surface area contributed by atoms with Crippen LogP contribution in [0.25, 0.3) is 44.8 Å². The van der Waals surface area contributed by atoms with Gasteiger partial charge in [-0.15, -0.1) is 0 Å². The van der Waals surface area contributed by atoms with Crippen molar-refractivity contribution < 1.29 is 0 Å². The monoisotopic (exact) mass is 927 g/mol. The molecule has 0 atom stereocenters. The highest BCUT2D eigenvalue weighted by Crippen LogP contribution is 2.54. The number of anilines is 6. The average Bonchev–Trinajstić information content (AvgIpc) is 3.62. The average molecular weight is 928 g/mol. The lowest BCUT2D eigenvalue weighted by molar-refractivity contribution is 0.672. The minimum Gasteiger partial charge on any atom is -0.311 e. The molecule has 0 amide bonds. The molecule has 0 N–H and O–H groups in total. The van der Waals surface area contributed by atoms with Gasteiger partial charge in [0.2, 0.25) is 0 Å². The zero-order valence-corrected chi connectivity index (χ0v) is 42.0. The lowest BCUT2D eigenvalue weighted by Gasteiger charge is -2.28. The molecule has 336 valence electrons. The zero-order chi connectivity index (χ0) is 47.9. The van der Waals surface area contributed by atoms with Crippen LogP contribution in [0.2, 0.25) is 19.6 Å². The Balaban J connectivity index is 0.933. The molecule has 9 aromatic carbocycles. The zero-order valence-electron chi connectivity index (χ0n) is 40.1. The quantitative estimate of drug-likeness (QED) is 0.0530. The van der Waals surface area contributed by atoms with Crippen LogP contribution in [0, 0.1) is 22.7 Å². The van der Waals surface area contributed by atoms with Crippen LogP contribution < -0.4 is 15.0 Å². The molecule has 0 spiro atoms. The molecule has 9 aromatic rings. The van der Waals surface area contributed by atoms with Crippen LogP contribution in [0.1, 0.15) is 52.8 Å². The lowest BCUT2D eigenvalue weighted by atomic mass is 9.78. The summed E-state index contributed by atoms with van der Waals surface area (Å²) in [5.74, 6) is 1.15. The summed E-state index contributed by atoms with van der Waals surface area (Å²) in [5, 5.41) is 25.5. The number of nitriles is 2. The molecular formula is C63H55N4SSi+. The topological polar surface area (TPSA) is 54.1 Å². The third kappa shape index (κ3) is 8.75. The summed E-state index contributed by atoms with van der Waals surface area (Å²) in [7, 11) is -1.48. The summed E-state index contributed by atoms with van der Waals surface area (Å²) < 4.78 is 0. The Hall–Kier alpha value is -7.61. The predicted molar refractivity (Wildman–Crippen MR) is 299 cm³/mol. The van der Waals surface area contributed by atoms with Crippen molar-refractivity contribution in [3.05, 3.63) is 221 Å². The van der Waals surface area contributed by atoms with E-state index in [1.54, 1.807) is 0 Å². The molecule has 0 radical (unpaired) electrons. The van der Waals surface area contributed by atoms with Gasteiger partial charge in [0.1, 0.15) is 5.75 Å². The highest BCUT2D eigenvalue weighted by molar-refractivity contribution is 7.77. The van der Waals surface area contributed by atoms with Crippen LogP contribution in [0.3, 0.4) is 0 Å². The second-order valence-corrected chi connectivity index (χ2v) is 25.8. The minimum atomic E-state index is -1.48. The van der Waals surface area contributed by atoms with E-state index in [-0.39, 0.29) is 5.41 Å². The standard InChI is InChI=1S/C63H54N4SSi/c1-63(2)61-57-33-17-45(8-7-43-9-20-50(21-10-43)66(52-24-13-46(41-64)14-25-52)51-22-11-44(12-23-51)37-38-68-3)39-48(57)18-34-59(61)60-35-19-49-40-55(30-36-58(49)62(60)63)67(53-26-15-47(42-65)16-27-53)54-28-31-56(32-29-54)69(4,5)6/h7-36,39-40H,37-38H2,1-6H3/p+1/b8-7+. The Morgan fingerprint density at radius 1 is 0.493 bits per heavy atom. The first-order chi connectivity index (χ1) is 33.4. The van der Waals surface area contributed by atoms with E-state index in [0.717, 1.165) is 57.4 Å². The molecule has 69 heavy (non-hydrogen) atoms. The van der Waals surface area contributed by atoms with Crippen molar-refractivity contribution >= 4 is 92.8 Å². The van der Waals surface area contributed by atoms with Gasteiger partial charge < -0.3 is 9.80 Å². The Labute approximate surface area is 412 Å². The summed E-state index contributed by atoms with van der Waals surface area (Å²) in [6, 6.07) is 69.8. The van der Waals surface area contributed by atoms with Gasteiger partial charge in [0, 0.05) is 46.0 Å². The van der Waals surface area contributed by atoms with Gasteiger partial charge >= 0.3 is 0 Å². The van der Waals surface area contributed by atoms with E-state index in [4.69, 9.17) is 0 Å². The van der Waals surface area contributed by atoms with E-state index in [1.807, 2.05) is 48.5 Å². The van der Waals surface area contributed by atoms with Crippen molar-refractivity contribution in [3.63, 3.8) is 0 Å². The first-order valence-electron chi connectivity index (χ1n) is 23.7. The van der Waals surface area contributed by atoms with Crippen molar-refractivity contribution in [1.82, 2.24) is 0 Å². The number of rotatable bonds is 12. The number of nitrogens with zero attached hydrogens (tertiary/aromatic N) is 4. The summed E-state index contributed by atoms with van der Waals surface area (Å²) >= 11 is 1.41. The van der Waals surface area contributed by atoms with Gasteiger partial charge in [-0.2, -0.15) is 10.5 Å². The number of thiol groups is 1. The van der Waals surface area contributed by atoms with Crippen molar-refractivity contribution in [2.24, 2.45) is 0 Å². The molecule has 0 saturated heterocycles. The summed E-state index contributed by atoms with van der Waals surface area (Å²) in [6.07, 6.45) is 7.67. The smallest absolute Gasteiger partial charge is 0.109 e. The first kappa shape index (κ1) is 45.2. The number of fused-ring (bicyclic) bond motifs is 7. The molecule has 0 bridgehead atoms. The van der Waals surface area contributed by atoms with E-state index < -0.39 is 8.07 Å². The Bertz CT molecular complexity index is 3480. The molecule has 1 aliphatic carbocycles. The molecule has 0 saturated carbocycles. The summed E-state index contributed by atoms with van der Waals surface area (Å²) in [4.78, 5) is 4.55.